The van der Waals surface area contributed by atoms with Crippen LogP contribution >= 0.6 is 0 Å². The van der Waals surface area contributed by atoms with Crippen LogP contribution in [0.1, 0.15) is 64.5 Å². The van der Waals surface area contributed by atoms with Crippen LogP contribution in [0.25, 0.3) is 0 Å². The third-order valence-corrected chi connectivity index (χ3v) is 4.94. The molecule has 2 rings (SSSR count). The molecular formula is C22H34N4O4. The predicted octanol–water partition coefficient (Wildman–Crippen LogP) is 3.56. The monoisotopic (exact) mass is 418 g/mol. The molecule has 0 unspecified atom stereocenters. The highest BCUT2D eigenvalue weighted by molar-refractivity contribution is 5.78. The van der Waals surface area contributed by atoms with E-state index in [0.717, 1.165) is 36.8 Å². The molecule has 1 aromatic rings. The van der Waals surface area contributed by atoms with E-state index >= 15 is 0 Å². The van der Waals surface area contributed by atoms with Crippen molar-refractivity contribution in [2.24, 2.45) is 0 Å². The summed E-state index contributed by atoms with van der Waals surface area (Å²) >= 11 is 0. The fourth-order valence-electron chi connectivity index (χ4n) is 3.38. The van der Waals surface area contributed by atoms with Gasteiger partial charge in [-0.05, 0) is 44.7 Å². The summed E-state index contributed by atoms with van der Waals surface area (Å²) in [4.78, 5) is 38.2. The minimum absolute atomic E-state index is 0.0904. The van der Waals surface area contributed by atoms with Crippen LogP contribution in [0.15, 0.2) is 24.3 Å². The first-order valence-corrected chi connectivity index (χ1v) is 10.4. The van der Waals surface area contributed by atoms with Gasteiger partial charge in [-0.2, -0.15) is 0 Å². The molecule has 30 heavy (non-hydrogen) atoms. The Balaban J connectivity index is 2.10. The predicted molar refractivity (Wildman–Crippen MR) is 114 cm³/mol. The fraction of sp³-hybridized carbons (Fsp3) is 0.591. The molecule has 0 aromatic heterocycles. The van der Waals surface area contributed by atoms with Crippen molar-refractivity contribution in [3.05, 3.63) is 35.4 Å². The van der Waals surface area contributed by atoms with E-state index in [1.807, 2.05) is 24.3 Å². The van der Waals surface area contributed by atoms with Crippen molar-refractivity contribution < 1.29 is 19.1 Å². The van der Waals surface area contributed by atoms with Crippen LogP contribution < -0.4 is 10.7 Å². The molecule has 8 heteroatoms. The second kappa shape index (κ2) is 10.3. The van der Waals surface area contributed by atoms with Crippen molar-refractivity contribution in [2.45, 2.75) is 78.1 Å². The Morgan fingerprint density at radius 2 is 1.63 bits per heavy atom. The van der Waals surface area contributed by atoms with Gasteiger partial charge in [0.1, 0.15) is 5.60 Å². The minimum Gasteiger partial charge on any atom is -0.443 e. The third-order valence-electron chi connectivity index (χ3n) is 4.94. The van der Waals surface area contributed by atoms with E-state index < -0.39 is 11.7 Å². The van der Waals surface area contributed by atoms with Crippen LogP contribution in [0.5, 0.6) is 0 Å². The molecule has 1 aromatic carbocycles. The summed E-state index contributed by atoms with van der Waals surface area (Å²) in [6, 6.07) is 7.45. The van der Waals surface area contributed by atoms with E-state index in [-0.39, 0.29) is 24.5 Å². The number of nitrogens with zero attached hydrogens (tertiary/aromatic N) is 2. The van der Waals surface area contributed by atoms with Crippen molar-refractivity contribution >= 4 is 18.0 Å². The number of carbonyl (C=O) groups excluding carboxylic acids is 3. The summed E-state index contributed by atoms with van der Waals surface area (Å²) in [7, 11) is 1.78. The number of hydrogen-bond donors (Lipinski definition) is 2. The van der Waals surface area contributed by atoms with Crippen LogP contribution in [0.4, 0.5) is 9.59 Å². The van der Waals surface area contributed by atoms with Gasteiger partial charge < -0.3 is 15.0 Å². The zero-order valence-electron chi connectivity index (χ0n) is 18.7. The second-order valence-electron chi connectivity index (χ2n) is 8.76. The number of carbonyl (C=O) groups is 3. The zero-order chi connectivity index (χ0) is 22.3. The quantitative estimate of drug-likeness (QED) is 0.716. The normalized spacial score (nSPS) is 14.2. The molecule has 0 heterocycles. The van der Waals surface area contributed by atoms with Gasteiger partial charge in [-0.1, -0.05) is 37.1 Å². The molecule has 0 bridgehead atoms. The van der Waals surface area contributed by atoms with Crippen molar-refractivity contribution in [1.29, 1.82) is 0 Å². The summed E-state index contributed by atoms with van der Waals surface area (Å²) < 4.78 is 5.33. The van der Waals surface area contributed by atoms with Gasteiger partial charge in [0.2, 0.25) is 5.91 Å². The smallest absolute Gasteiger partial charge is 0.426 e. The highest BCUT2D eigenvalue weighted by Gasteiger charge is 2.29. The molecule has 1 aliphatic carbocycles. The minimum atomic E-state index is -0.669. The molecule has 0 radical (unpaired) electrons. The molecule has 8 nitrogen and oxygen atoms in total. The van der Waals surface area contributed by atoms with Crippen LogP contribution in [-0.4, -0.2) is 46.6 Å². The number of benzene rings is 1. The largest absolute Gasteiger partial charge is 0.443 e. The molecule has 1 saturated carbocycles. The Morgan fingerprint density at radius 3 is 2.17 bits per heavy atom. The van der Waals surface area contributed by atoms with Crippen molar-refractivity contribution in [3.8, 4) is 0 Å². The first-order valence-electron chi connectivity index (χ1n) is 10.4. The Hall–Kier alpha value is -2.77. The Kier molecular flexibility index (Phi) is 8.08. The maximum absolute atomic E-state index is 13.1. The SMILES string of the molecule is CC(=O)NCc1ccc(CN(NC(=O)OC(C)(C)C)C(=O)N(C)C2CCCC2)cc1. The van der Waals surface area contributed by atoms with Crippen molar-refractivity contribution in [1.82, 2.24) is 20.7 Å². The van der Waals surface area contributed by atoms with Crippen LogP contribution in [0.2, 0.25) is 0 Å². The average Bonchev–Trinajstić information content (AvgIpc) is 3.19. The lowest BCUT2D eigenvalue weighted by atomic mass is 10.1. The van der Waals surface area contributed by atoms with Gasteiger partial charge in [0.05, 0.1) is 6.54 Å². The number of urea groups is 1. The van der Waals surface area contributed by atoms with E-state index in [1.165, 1.54) is 11.9 Å². The van der Waals surface area contributed by atoms with E-state index in [4.69, 9.17) is 4.74 Å². The number of rotatable bonds is 5. The van der Waals surface area contributed by atoms with Gasteiger partial charge in [0.25, 0.3) is 0 Å². The number of hydrogen-bond acceptors (Lipinski definition) is 4. The molecule has 0 atom stereocenters. The van der Waals surface area contributed by atoms with E-state index in [1.54, 1.807) is 32.7 Å². The highest BCUT2D eigenvalue weighted by atomic mass is 16.6. The van der Waals surface area contributed by atoms with Crippen molar-refractivity contribution in [3.63, 3.8) is 0 Å². The molecule has 0 aliphatic heterocycles. The topological polar surface area (TPSA) is 91.0 Å². The lowest BCUT2D eigenvalue weighted by Gasteiger charge is -2.32. The number of nitrogens with one attached hydrogen (secondary N) is 2. The number of amides is 4. The standard InChI is InChI=1S/C22H34N4O4/c1-16(27)23-14-17-10-12-18(13-11-17)15-26(24-20(28)30-22(2,3)4)21(29)25(5)19-8-6-7-9-19/h10-13,19H,6-9,14-15H2,1-5H3,(H,23,27)(H,24,28). The Morgan fingerprint density at radius 1 is 1.07 bits per heavy atom. The maximum atomic E-state index is 13.1. The van der Waals surface area contributed by atoms with E-state index in [0.29, 0.717) is 6.54 Å². The highest BCUT2D eigenvalue weighted by Crippen LogP contribution is 2.23. The van der Waals surface area contributed by atoms with Crippen molar-refractivity contribution in [2.75, 3.05) is 7.05 Å². The summed E-state index contributed by atoms with van der Waals surface area (Å²) in [5.74, 6) is -0.0904. The van der Waals surface area contributed by atoms with Crippen LogP contribution in [0, 0.1) is 0 Å². The van der Waals surface area contributed by atoms with Gasteiger partial charge in [-0.15, -0.1) is 0 Å². The van der Waals surface area contributed by atoms with Gasteiger partial charge >= 0.3 is 12.1 Å². The lowest BCUT2D eigenvalue weighted by Crippen LogP contribution is -2.53. The summed E-state index contributed by atoms with van der Waals surface area (Å²) in [5.41, 5.74) is 3.75. The van der Waals surface area contributed by atoms with Gasteiger partial charge in [0, 0.05) is 26.6 Å². The molecule has 0 saturated heterocycles. The molecule has 1 aliphatic rings. The summed E-state index contributed by atoms with van der Waals surface area (Å²) in [6.45, 7) is 7.45. The lowest BCUT2D eigenvalue weighted by molar-refractivity contribution is -0.119. The molecule has 4 amide bonds. The first-order chi connectivity index (χ1) is 14.0. The van der Waals surface area contributed by atoms with Gasteiger partial charge in [0.15, 0.2) is 0 Å². The Labute approximate surface area is 178 Å². The van der Waals surface area contributed by atoms with Gasteiger partial charge in [-0.3, -0.25) is 4.79 Å². The second-order valence-corrected chi connectivity index (χ2v) is 8.76. The maximum Gasteiger partial charge on any atom is 0.426 e. The molecule has 166 valence electrons. The first kappa shape index (κ1) is 23.5. The zero-order valence-corrected chi connectivity index (χ0v) is 18.7. The van der Waals surface area contributed by atoms with E-state index in [2.05, 4.69) is 10.7 Å². The number of ether oxygens (including phenoxy) is 1. The third kappa shape index (κ3) is 7.57. The Bertz CT molecular complexity index is 736. The van der Waals surface area contributed by atoms with Gasteiger partial charge in [-0.25, -0.2) is 20.0 Å². The average molecular weight is 419 g/mol. The number of hydrazine groups is 1. The molecule has 2 N–H and O–H groups in total. The van der Waals surface area contributed by atoms with E-state index in [9.17, 15) is 14.4 Å². The van der Waals surface area contributed by atoms with Crippen LogP contribution in [-0.2, 0) is 22.6 Å². The fourth-order valence-corrected chi connectivity index (χ4v) is 3.38. The summed E-state index contributed by atoms with van der Waals surface area (Å²) in [6.07, 6.45) is 3.49. The van der Waals surface area contributed by atoms with Crippen LogP contribution in [0.3, 0.4) is 0 Å². The molecular weight excluding hydrogens is 384 g/mol. The summed E-state index contributed by atoms with van der Waals surface area (Å²) in [5, 5.41) is 4.05. The molecule has 1 fully saturated rings. The molecule has 0 spiro atoms.